The zero-order valence-electron chi connectivity index (χ0n) is 14.6. The number of nitrogens with zero attached hydrogens (tertiary/aromatic N) is 2. The largest absolute Gasteiger partial charge is 0.316 e. The Morgan fingerprint density at radius 1 is 1.04 bits per heavy atom. The Bertz CT molecular complexity index is 1040. The summed E-state index contributed by atoms with van der Waals surface area (Å²) in [7, 11) is -3.17. The first kappa shape index (κ1) is 19.1. The van der Waals surface area contributed by atoms with Gasteiger partial charge in [-0.25, -0.2) is 17.2 Å². The van der Waals surface area contributed by atoms with Crippen LogP contribution in [-0.4, -0.2) is 42.3 Å². The van der Waals surface area contributed by atoms with Crippen molar-refractivity contribution < 1.29 is 22.0 Å². The molecule has 2 atom stereocenters. The van der Waals surface area contributed by atoms with Crippen molar-refractivity contribution in [1.29, 1.82) is 0 Å². The summed E-state index contributed by atoms with van der Waals surface area (Å²) >= 11 is 1.25. The zero-order chi connectivity index (χ0) is 19.9. The molecule has 4 rings (SSSR count). The number of amides is 1. The first-order valence-corrected chi connectivity index (χ1v) is 11.3. The predicted octanol–water partition coefficient (Wildman–Crippen LogP) is 2.81. The summed E-state index contributed by atoms with van der Waals surface area (Å²) in [5.74, 6) is -1.22. The van der Waals surface area contributed by atoms with Gasteiger partial charge in [-0.05, 0) is 42.0 Å². The van der Waals surface area contributed by atoms with Crippen molar-refractivity contribution >= 4 is 38.4 Å². The van der Waals surface area contributed by atoms with E-state index >= 15 is 0 Å². The van der Waals surface area contributed by atoms with Crippen LogP contribution in [0.1, 0.15) is 5.56 Å². The first-order chi connectivity index (χ1) is 13.3. The predicted molar refractivity (Wildman–Crippen MR) is 105 cm³/mol. The minimum Gasteiger partial charge on any atom is -0.316 e. The van der Waals surface area contributed by atoms with Crippen molar-refractivity contribution in [2.24, 2.45) is 4.99 Å². The third-order valence-corrected chi connectivity index (χ3v) is 7.87. The third-order valence-electron chi connectivity index (χ3n) is 4.66. The molecule has 2 aromatic carbocycles. The third kappa shape index (κ3) is 3.95. The van der Waals surface area contributed by atoms with E-state index in [1.165, 1.54) is 48.2 Å². The second kappa shape index (κ2) is 7.29. The fourth-order valence-electron chi connectivity index (χ4n) is 3.39. The molecule has 9 heteroatoms. The first-order valence-electron chi connectivity index (χ1n) is 8.58. The summed E-state index contributed by atoms with van der Waals surface area (Å²) in [5.41, 5.74) is 1.22. The van der Waals surface area contributed by atoms with E-state index in [0.717, 1.165) is 0 Å². The fraction of sp³-hybridized carbons (Fsp3) is 0.263. The number of hydrogen-bond acceptors (Lipinski definition) is 4. The van der Waals surface area contributed by atoms with Crippen LogP contribution in [0, 0.1) is 11.6 Å². The molecule has 5 nitrogen and oxygen atoms in total. The number of fused-ring (bicyclic) bond motifs is 1. The Balaban J connectivity index is 1.62. The lowest BCUT2D eigenvalue weighted by Crippen LogP contribution is -2.37. The maximum atomic E-state index is 13.3. The topological polar surface area (TPSA) is 66.8 Å². The molecule has 0 saturated carbocycles. The molecule has 2 saturated heterocycles. The van der Waals surface area contributed by atoms with Crippen LogP contribution in [0.25, 0.3) is 0 Å². The summed E-state index contributed by atoms with van der Waals surface area (Å²) in [6, 6.07) is 10.9. The van der Waals surface area contributed by atoms with Crippen molar-refractivity contribution in [2.45, 2.75) is 17.7 Å². The second-order valence-electron chi connectivity index (χ2n) is 6.74. The summed E-state index contributed by atoms with van der Waals surface area (Å²) < 4.78 is 50.4. The maximum absolute atomic E-state index is 13.3. The Morgan fingerprint density at radius 3 is 2.29 bits per heavy atom. The standard InChI is InChI=1S/C19H16F2N2O3S2/c20-13-3-1-12(2-4-13)9-18(24)22-19-23(15-7-5-14(21)6-8-15)16-10-28(25,26)11-17(16)27-19/h1-8,16-17H,9-11H2/t16-,17-/m0/s1. The summed E-state index contributed by atoms with van der Waals surface area (Å²) in [5, 5.41) is 0.177. The normalized spacial score (nSPS) is 24.5. The number of amidine groups is 1. The second-order valence-corrected chi connectivity index (χ2v) is 10.1. The molecule has 0 aromatic heterocycles. The SMILES string of the molecule is O=C(Cc1ccc(F)cc1)N=C1S[C@H]2CS(=O)(=O)C[C@@H]2N1c1ccc(F)cc1. The van der Waals surface area contributed by atoms with Gasteiger partial charge in [0.05, 0.1) is 24.0 Å². The van der Waals surface area contributed by atoms with Crippen molar-refractivity contribution in [2.75, 3.05) is 16.4 Å². The van der Waals surface area contributed by atoms with E-state index in [9.17, 15) is 22.0 Å². The highest BCUT2D eigenvalue weighted by Crippen LogP contribution is 2.41. The Labute approximate surface area is 165 Å². The zero-order valence-corrected chi connectivity index (χ0v) is 16.2. The minimum absolute atomic E-state index is 0.00916. The number of thioether (sulfide) groups is 1. The van der Waals surface area contributed by atoms with Gasteiger partial charge in [-0.15, -0.1) is 0 Å². The van der Waals surface area contributed by atoms with Gasteiger partial charge >= 0.3 is 0 Å². The number of anilines is 1. The van der Waals surface area contributed by atoms with Crippen molar-refractivity contribution in [1.82, 2.24) is 0 Å². The lowest BCUT2D eigenvalue weighted by Gasteiger charge is -2.24. The van der Waals surface area contributed by atoms with Gasteiger partial charge < -0.3 is 4.90 Å². The highest BCUT2D eigenvalue weighted by molar-refractivity contribution is 8.16. The number of aliphatic imine (C=N–C) groups is 1. The molecular weight excluding hydrogens is 406 g/mol. The van der Waals surface area contributed by atoms with Crippen molar-refractivity contribution in [3.8, 4) is 0 Å². The highest BCUT2D eigenvalue weighted by atomic mass is 32.2. The molecule has 0 radical (unpaired) electrons. The molecule has 0 unspecified atom stereocenters. The van der Waals surface area contributed by atoms with Gasteiger partial charge in [-0.3, -0.25) is 4.79 Å². The van der Waals surface area contributed by atoms with E-state index in [2.05, 4.69) is 4.99 Å². The number of sulfone groups is 1. The maximum Gasteiger partial charge on any atom is 0.252 e. The van der Waals surface area contributed by atoms with Crippen LogP contribution >= 0.6 is 11.8 Å². The van der Waals surface area contributed by atoms with Gasteiger partial charge in [0.15, 0.2) is 15.0 Å². The molecular formula is C19H16F2N2O3S2. The van der Waals surface area contributed by atoms with Crippen LogP contribution in [0.4, 0.5) is 14.5 Å². The summed E-state index contributed by atoms with van der Waals surface area (Å²) in [6.07, 6.45) is 0.00916. The van der Waals surface area contributed by atoms with Crippen LogP contribution in [0.15, 0.2) is 53.5 Å². The molecule has 0 N–H and O–H groups in total. The lowest BCUT2D eigenvalue weighted by atomic mass is 10.1. The van der Waals surface area contributed by atoms with Crippen molar-refractivity contribution in [3.63, 3.8) is 0 Å². The van der Waals surface area contributed by atoms with Gasteiger partial charge in [-0.1, -0.05) is 23.9 Å². The van der Waals surface area contributed by atoms with Crippen LogP contribution in [0.2, 0.25) is 0 Å². The fourth-order valence-corrected chi connectivity index (χ4v) is 7.32. The van der Waals surface area contributed by atoms with E-state index in [1.54, 1.807) is 17.0 Å². The Morgan fingerprint density at radius 2 is 1.64 bits per heavy atom. The van der Waals surface area contributed by atoms with Crippen LogP contribution in [-0.2, 0) is 21.1 Å². The van der Waals surface area contributed by atoms with Gasteiger partial charge in [0.25, 0.3) is 5.91 Å². The van der Waals surface area contributed by atoms with Crippen LogP contribution in [0.3, 0.4) is 0 Å². The molecule has 1 amide bonds. The molecule has 28 heavy (non-hydrogen) atoms. The quantitative estimate of drug-likeness (QED) is 0.761. The number of rotatable bonds is 3. The molecule has 2 aliphatic heterocycles. The van der Waals surface area contributed by atoms with E-state index < -0.39 is 21.6 Å². The number of hydrogen-bond donors (Lipinski definition) is 0. The van der Waals surface area contributed by atoms with E-state index in [1.807, 2.05) is 0 Å². The number of benzene rings is 2. The highest BCUT2D eigenvalue weighted by Gasteiger charge is 2.49. The van der Waals surface area contributed by atoms with Gasteiger partial charge in [0, 0.05) is 10.9 Å². The monoisotopic (exact) mass is 422 g/mol. The smallest absolute Gasteiger partial charge is 0.252 e. The van der Waals surface area contributed by atoms with Crippen LogP contribution < -0.4 is 4.90 Å². The average Bonchev–Trinajstić information content (AvgIpc) is 3.09. The van der Waals surface area contributed by atoms with Gasteiger partial charge in [-0.2, -0.15) is 4.99 Å². The van der Waals surface area contributed by atoms with E-state index in [4.69, 9.17) is 0 Å². The average molecular weight is 422 g/mol. The lowest BCUT2D eigenvalue weighted by molar-refractivity contribution is -0.117. The number of carbonyl (C=O) groups excluding carboxylic acids is 1. The van der Waals surface area contributed by atoms with Crippen LogP contribution in [0.5, 0.6) is 0 Å². The molecule has 0 aliphatic carbocycles. The molecule has 0 spiro atoms. The van der Waals surface area contributed by atoms with Gasteiger partial charge in [0.2, 0.25) is 0 Å². The van der Waals surface area contributed by atoms with Crippen molar-refractivity contribution in [3.05, 3.63) is 65.7 Å². The molecule has 2 aliphatic rings. The molecule has 2 fully saturated rings. The molecule has 146 valence electrons. The molecule has 2 heterocycles. The van der Waals surface area contributed by atoms with E-state index in [0.29, 0.717) is 16.4 Å². The Kier molecular flexibility index (Phi) is 4.96. The summed E-state index contributed by atoms with van der Waals surface area (Å²) in [6.45, 7) is 0. The number of carbonyl (C=O) groups is 1. The minimum atomic E-state index is -3.17. The Hall–Kier alpha value is -2.26. The summed E-state index contributed by atoms with van der Waals surface area (Å²) in [4.78, 5) is 18.3. The molecule has 0 bridgehead atoms. The van der Waals surface area contributed by atoms with E-state index in [-0.39, 0.29) is 35.0 Å². The number of halogens is 2. The van der Waals surface area contributed by atoms with Gasteiger partial charge in [0.1, 0.15) is 11.6 Å². The molecule has 2 aromatic rings.